The first-order valence-corrected chi connectivity index (χ1v) is 4.21. The van der Waals surface area contributed by atoms with Crippen molar-refractivity contribution >= 4 is 0 Å². The van der Waals surface area contributed by atoms with Gasteiger partial charge in [0.1, 0.15) is 12.7 Å². The largest absolute Gasteiger partial charge is 0.344 e. The molecule has 1 heterocycles. The third-order valence-corrected chi connectivity index (χ3v) is 3.29. The van der Waals surface area contributed by atoms with Gasteiger partial charge in [0.25, 0.3) is 0 Å². The summed E-state index contributed by atoms with van der Waals surface area (Å²) in [5, 5.41) is 4.12. The molecule has 0 radical (unpaired) electrons. The zero-order valence-electron chi connectivity index (χ0n) is 7.11. The van der Waals surface area contributed by atoms with Crippen LogP contribution in [0.1, 0.15) is 19.3 Å². The smallest absolute Gasteiger partial charge is 0.137 e. The number of nitrogens with zero attached hydrogens (tertiary/aromatic N) is 3. The lowest BCUT2D eigenvalue weighted by Gasteiger charge is -2.24. The average molecular weight is 166 g/mol. The molecule has 0 saturated heterocycles. The van der Waals surface area contributed by atoms with E-state index in [1.165, 1.54) is 19.3 Å². The van der Waals surface area contributed by atoms with E-state index in [1.807, 2.05) is 11.0 Å². The minimum atomic E-state index is 0. The Morgan fingerprint density at radius 1 is 1.58 bits per heavy atom. The van der Waals surface area contributed by atoms with Gasteiger partial charge in [0, 0.05) is 6.54 Å². The Kier molecular flexibility index (Phi) is 1.48. The van der Waals surface area contributed by atoms with Crippen LogP contribution in [0.5, 0.6) is 0 Å². The Morgan fingerprint density at radius 3 is 2.92 bits per heavy atom. The van der Waals surface area contributed by atoms with Crippen molar-refractivity contribution in [3.8, 4) is 0 Å². The number of rotatable bonds is 2. The minimum absolute atomic E-state index is 0. The predicted octanol–water partition coefficient (Wildman–Crippen LogP) is 1.24. The molecule has 4 heteroatoms. The first-order chi connectivity index (χ1) is 5.39. The highest BCUT2D eigenvalue weighted by molar-refractivity contribution is 5.09. The van der Waals surface area contributed by atoms with Crippen LogP contribution in [0.4, 0.5) is 0 Å². The van der Waals surface area contributed by atoms with Crippen LogP contribution >= 0.6 is 0 Å². The molecular formula is C8H14N4. The molecule has 2 unspecified atom stereocenters. The molecule has 12 heavy (non-hydrogen) atoms. The molecular weight excluding hydrogens is 152 g/mol. The van der Waals surface area contributed by atoms with E-state index >= 15 is 0 Å². The van der Waals surface area contributed by atoms with Gasteiger partial charge in [-0.15, -0.1) is 0 Å². The van der Waals surface area contributed by atoms with Crippen molar-refractivity contribution in [1.29, 1.82) is 0 Å². The molecule has 0 bridgehead atoms. The monoisotopic (exact) mass is 166 g/mol. The van der Waals surface area contributed by atoms with Crippen LogP contribution in [0.2, 0.25) is 0 Å². The normalized spacial score (nSPS) is 36.2. The molecule has 4 nitrogen and oxygen atoms in total. The molecule has 2 fully saturated rings. The molecule has 2 aliphatic carbocycles. The average Bonchev–Trinajstić information content (AvgIpc) is 2.45. The third-order valence-electron chi connectivity index (χ3n) is 3.29. The lowest BCUT2D eigenvalue weighted by atomic mass is 9.85. The highest BCUT2D eigenvalue weighted by atomic mass is 15.3. The lowest BCUT2D eigenvalue weighted by Crippen LogP contribution is -2.21. The summed E-state index contributed by atoms with van der Waals surface area (Å²) in [5.41, 5.74) is 0.674. The van der Waals surface area contributed by atoms with Gasteiger partial charge in [-0.3, -0.25) is 4.68 Å². The summed E-state index contributed by atoms with van der Waals surface area (Å²) >= 11 is 0. The second-order valence-corrected chi connectivity index (χ2v) is 3.90. The Hall–Kier alpha value is -0.900. The minimum Gasteiger partial charge on any atom is -0.344 e. The maximum absolute atomic E-state index is 4.12. The van der Waals surface area contributed by atoms with E-state index < -0.39 is 0 Å². The zero-order chi connectivity index (χ0) is 7.31. The van der Waals surface area contributed by atoms with E-state index in [1.54, 1.807) is 6.33 Å². The van der Waals surface area contributed by atoms with E-state index in [0.29, 0.717) is 5.41 Å². The fraction of sp³-hybridized carbons (Fsp3) is 0.750. The fourth-order valence-electron chi connectivity index (χ4n) is 2.30. The summed E-state index contributed by atoms with van der Waals surface area (Å²) in [6.07, 6.45) is 7.74. The first-order valence-electron chi connectivity index (χ1n) is 4.21. The van der Waals surface area contributed by atoms with Gasteiger partial charge in [-0.05, 0) is 30.6 Å². The van der Waals surface area contributed by atoms with Gasteiger partial charge in [-0.1, -0.05) is 0 Å². The van der Waals surface area contributed by atoms with Crippen LogP contribution in [0.25, 0.3) is 0 Å². The van der Waals surface area contributed by atoms with Crippen molar-refractivity contribution < 1.29 is 0 Å². The predicted molar refractivity (Wildman–Crippen MR) is 44.8 cm³/mol. The second kappa shape index (κ2) is 2.29. The van der Waals surface area contributed by atoms with E-state index in [0.717, 1.165) is 12.5 Å². The number of aromatic nitrogens is 3. The maximum atomic E-state index is 4.12. The molecule has 2 saturated carbocycles. The van der Waals surface area contributed by atoms with Crippen molar-refractivity contribution in [1.82, 2.24) is 20.9 Å². The van der Waals surface area contributed by atoms with Crippen LogP contribution in [-0.2, 0) is 6.54 Å². The zero-order valence-corrected chi connectivity index (χ0v) is 7.11. The number of fused-ring (bicyclic) bond motifs is 1. The summed E-state index contributed by atoms with van der Waals surface area (Å²) in [7, 11) is 0. The van der Waals surface area contributed by atoms with Gasteiger partial charge in [0.05, 0.1) is 0 Å². The maximum Gasteiger partial charge on any atom is 0.137 e. The van der Waals surface area contributed by atoms with E-state index in [-0.39, 0.29) is 6.15 Å². The summed E-state index contributed by atoms with van der Waals surface area (Å²) in [6, 6.07) is 0. The molecule has 2 atom stereocenters. The molecule has 0 amide bonds. The molecule has 0 spiro atoms. The fourth-order valence-corrected chi connectivity index (χ4v) is 2.30. The van der Waals surface area contributed by atoms with Crippen LogP contribution in [0.15, 0.2) is 12.7 Å². The molecule has 3 N–H and O–H groups in total. The summed E-state index contributed by atoms with van der Waals surface area (Å²) in [4.78, 5) is 3.94. The molecule has 0 aromatic carbocycles. The van der Waals surface area contributed by atoms with Crippen molar-refractivity contribution in [2.45, 2.75) is 25.8 Å². The summed E-state index contributed by atoms with van der Waals surface area (Å²) < 4.78 is 1.97. The third kappa shape index (κ3) is 0.876. The van der Waals surface area contributed by atoms with Gasteiger partial charge >= 0.3 is 0 Å². The molecule has 0 aliphatic heterocycles. The number of hydrogen-bond acceptors (Lipinski definition) is 3. The topological polar surface area (TPSA) is 65.7 Å². The number of hydrogen-bond donors (Lipinski definition) is 1. The van der Waals surface area contributed by atoms with E-state index in [2.05, 4.69) is 10.1 Å². The second-order valence-electron chi connectivity index (χ2n) is 3.90. The Bertz CT molecular complexity index is 265. The van der Waals surface area contributed by atoms with Crippen molar-refractivity contribution in [2.75, 3.05) is 0 Å². The first kappa shape index (κ1) is 7.73. The Morgan fingerprint density at radius 2 is 2.50 bits per heavy atom. The Balaban J connectivity index is 0.000000563. The van der Waals surface area contributed by atoms with Crippen molar-refractivity contribution in [3.63, 3.8) is 0 Å². The van der Waals surface area contributed by atoms with Gasteiger partial charge < -0.3 is 6.15 Å². The highest BCUT2D eigenvalue weighted by Crippen LogP contribution is 2.68. The standard InChI is InChI=1S/C8H11N3.H3N/c1-2-8(3-7(1)8)4-11-6-9-5-10-11;/h5-7H,1-4H2;1H3. The van der Waals surface area contributed by atoms with Gasteiger partial charge in [-0.2, -0.15) is 5.10 Å². The van der Waals surface area contributed by atoms with Crippen LogP contribution in [-0.4, -0.2) is 14.8 Å². The van der Waals surface area contributed by atoms with Gasteiger partial charge in [0.2, 0.25) is 0 Å². The molecule has 66 valence electrons. The van der Waals surface area contributed by atoms with E-state index in [9.17, 15) is 0 Å². The van der Waals surface area contributed by atoms with Crippen LogP contribution in [0.3, 0.4) is 0 Å². The van der Waals surface area contributed by atoms with E-state index in [4.69, 9.17) is 0 Å². The van der Waals surface area contributed by atoms with Crippen LogP contribution in [0, 0.1) is 11.3 Å². The summed E-state index contributed by atoms with van der Waals surface area (Å²) in [5.74, 6) is 1.03. The molecule has 2 aliphatic rings. The van der Waals surface area contributed by atoms with Gasteiger partial charge in [-0.25, -0.2) is 4.98 Å². The van der Waals surface area contributed by atoms with Crippen LogP contribution < -0.4 is 6.15 Å². The highest BCUT2D eigenvalue weighted by Gasteiger charge is 2.60. The SMILES string of the molecule is N.c1ncn(CC23CCC2C3)n1. The summed E-state index contributed by atoms with van der Waals surface area (Å²) in [6.45, 7) is 1.11. The lowest BCUT2D eigenvalue weighted by molar-refractivity contribution is 0.243. The molecule has 3 rings (SSSR count). The van der Waals surface area contributed by atoms with Crippen molar-refractivity contribution in [2.24, 2.45) is 11.3 Å². The Labute approximate surface area is 71.6 Å². The molecule has 1 aromatic heterocycles. The quantitative estimate of drug-likeness (QED) is 0.718. The molecule has 1 aromatic rings. The van der Waals surface area contributed by atoms with Gasteiger partial charge in [0.15, 0.2) is 0 Å². The van der Waals surface area contributed by atoms with Crippen molar-refractivity contribution in [3.05, 3.63) is 12.7 Å².